The lowest BCUT2D eigenvalue weighted by Crippen LogP contribution is -2.30. The van der Waals surface area contributed by atoms with Gasteiger partial charge in [-0.3, -0.25) is 4.79 Å². The van der Waals surface area contributed by atoms with Gasteiger partial charge in [-0.25, -0.2) is 13.2 Å². The second kappa shape index (κ2) is 8.09. The Bertz CT molecular complexity index is 840. The van der Waals surface area contributed by atoms with E-state index in [4.69, 9.17) is 4.74 Å². The standard InChI is InChI=1S/C17H20N2O5S/c1-3-19(4-2)25(22,23)14-8-5-7-13(11-14)17(21)24-12-16(20)15-9-6-10-18-15/h5-11,18H,3-4,12H2,1-2H3. The molecular formula is C17H20N2O5S. The van der Waals surface area contributed by atoms with E-state index in [1.807, 2.05) is 0 Å². The number of ketones is 1. The van der Waals surface area contributed by atoms with E-state index in [0.29, 0.717) is 18.8 Å². The fourth-order valence-electron chi connectivity index (χ4n) is 2.29. The number of benzene rings is 1. The number of Topliss-reactive ketones (excluding diaryl/α,β-unsaturated/α-hetero) is 1. The Kier molecular flexibility index (Phi) is 6.11. The van der Waals surface area contributed by atoms with Crippen LogP contribution in [0.15, 0.2) is 47.5 Å². The van der Waals surface area contributed by atoms with Gasteiger partial charge in [0.05, 0.1) is 16.2 Å². The molecule has 1 aromatic heterocycles. The van der Waals surface area contributed by atoms with E-state index in [1.54, 1.807) is 32.2 Å². The predicted octanol–water partition coefficient (Wildman–Crippen LogP) is 2.08. The van der Waals surface area contributed by atoms with Gasteiger partial charge in [0.1, 0.15) is 0 Å². The van der Waals surface area contributed by atoms with Crippen LogP contribution in [0.4, 0.5) is 0 Å². The van der Waals surface area contributed by atoms with Crippen molar-refractivity contribution in [3.8, 4) is 0 Å². The van der Waals surface area contributed by atoms with E-state index in [1.165, 1.54) is 28.6 Å². The van der Waals surface area contributed by atoms with Crippen molar-refractivity contribution in [1.82, 2.24) is 9.29 Å². The summed E-state index contributed by atoms with van der Waals surface area (Å²) >= 11 is 0. The van der Waals surface area contributed by atoms with Gasteiger partial charge < -0.3 is 9.72 Å². The molecule has 8 heteroatoms. The highest BCUT2D eigenvalue weighted by Crippen LogP contribution is 2.17. The van der Waals surface area contributed by atoms with Gasteiger partial charge in [0.15, 0.2) is 6.61 Å². The van der Waals surface area contributed by atoms with Crippen LogP contribution in [0.3, 0.4) is 0 Å². The highest BCUT2D eigenvalue weighted by Gasteiger charge is 2.23. The van der Waals surface area contributed by atoms with Crippen LogP contribution in [0, 0.1) is 0 Å². The quantitative estimate of drug-likeness (QED) is 0.571. The number of ether oxygens (including phenoxy) is 1. The van der Waals surface area contributed by atoms with Crippen molar-refractivity contribution in [3.05, 3.63) is 53.9 Å². The van der Waals surface area contributed by atoms with Gasteiger partial charge >= 0.3 is 5.97 Å². The maximum atomic E-state index is 12.5. The minimum absolute atomic E-state index is 0.0151. The maximum absolute atomic E-state index is 12.5. The molecule has 0 amide bonds. The Hall–Kier alpha value is -2.45. The summed E-state index contributed by atoms with van der Waals surface area (Å²) in [4.78, 5) is 26.7. The lowest BCUT2D eigenvalue weighted by atomic mass is 10.2. The van der Waals surface area contributed by atoms with Gasteiger partial charge in [0, 0.05) is 19.3 Å². The summed E-state index contributed by atoms with van der Waals surface area (Å²) in [6.07, 6.45) is 1.59. The number of carbonyl (C=O) groups is 2. The number of hydrogen-bond acceptors (Lipinski definition) is 5. The summed E-state index contributed by atoms with van der Waals surface area (Å²) in [5.74, 6) is -1.12. The molecule has 0 saturated heterocycles. The van der Waals surface area contributed by atoms with E-state index in [-0.39, 0.29) is 16.2 Å². The molecule has 0 aliphatic rings. The molecule has 0 spiro atoms. The molecule has 0 unspecified atom stereocenters. The van der Waals surface area contributed by atoms with Crippen LogP contribution < -0.4 is 0 Å². The summed E-state index contributed by atoms with van der Waals surface area (Å²) in [5, 5.41) is 0. The molecular weight excluding hydrogens is 344 g/mol. The molecule has 25 heavy (non-hydrogen) atoms. The van der Waals surface area contributed by atoms with Crippen molar-refractivity contribution >= 4 is 21.8 Å². The number of aromatic nitrogens is 1. The van der Waals surface area contributed by atoms with E-state index >= 15 is 0 Å². The number of H-pyrrole nitrogens is 1. The molecule has 2 rings (SSSR count). The third-order valence-corrected chi connectivity index (χ3v) is 5.69. The number of esters is 1. The molecule has 0 saturated carbocycles. The lowest BCUT2D eigenvalue weighted by Gasteiger charge is -2.18. The smallest absolute Gasteiger partial charge is 0.338 e. The number of hydrogen-bond donors (Lipinski definition) is 1. The van der Waals surface area contributed by atoms with Crippen molar-refractivity contribution in [2.45, 2.75) is 18.7 Å². The SMILES string of the molecule is CCN(CC)S(=O)(=O)c1cccc(C(=O)OCC(=O)c2ccc[nH]2)c1. The zero-order valence-electron chi connectivity index (χ0n) is 14.1. The summed E-state index contributed by atoms with van der Waals surface area (Å²) in [6.45, 7) is 3.72. The van der Waals surface area contributed by atoms with E-state index in [0.717, 1.165) is 0 Å². The molecule has 2 aromatic rings. The molecule has 1 N–H and O–H groups in total. The average Bonchev–Trinajstić information content (AvgIpc) is 3.15. The fourth-order valence-corrected chi connectivity index (χ4v) is 3.80. The zero-order chi connectivity index (χ0) is 18.4. The van der Waals surface area contributed by atoms with Gasteiger partial charge in [-0.2, -0.15) is 4.31 Å². The Labute approximate surface area is 146 Å². The van der Waals surface area contributed by atoms with Gasteiger partial charge in [-0.05, 0) is 30.3 Å². The molecule has 1 aromatic carbocycles. The lowest BCUT2D eigenvalue weighted by molar-refractivity contribution is 0.0473. The second-order valence-electron chi connectivity index (χ2n) is 5.20. The predicted molar refractivity (Wildman–Crippen MR) is 92.0 cm³/mol. The number of nitrogens with one attached hydrogen (secondary N) is 1. The topological polar surface area (TPSA) is 96.5 Å². The molecule has 0 atom stereocenters. The Morgan fingerprint density at radius 1 is 1.12 bits per heavy atom. The van der Waals surface area contributed by atoms with E-state index < -0.39 is 22.6 Å². The van der Waals surface area contributed by atoms with Gasteiger partial charge in [0.25, 0.3) is 0 Å². The van der Waals surface area contributed by atoms with Crippen molar-refractivity contribution in [2.75, 3.05) is 19.7 Å². The molecule has 0 bridgehead atoms. The Morgan fingerprint density at radius 3 is 2.44 bits per heavy atom. The first kappa shape index (κ1) is 18.9. The minimum Gasteiger partial charge on any atom is -0.454 e. The first-order valence-electron chi connectivity index (χ1n) is 7.84. The van der Waals surface area contributed by atoms with Crippen LogP contribution in [-0.4, -0.2) is 49.2 Å². The fraction of sp³-hybridized carbons (Fsp3) is 0.294. The van der Waals surface area contributed by atoms with E-state index in [9.17, 15) is 18.0 Å². The third-order valence-electron chi connectivity index (χ3n) is 3.65. The monoisotopic (exact) mass is 364 g/mol. The first-order chi connectivity index (χ1) is 11.9. The molecule has 0 aliphatic carbocycles. The summed E-state index contributed by atoms with van der Waals surface area (Å²) < 4.78 is 31.3. The Morgan fingerprint density at radius 2 is 1.84 bits per heavy atom. The highest BCUT2D eigenvalue weighted by molar-refractivity contribution is 7.89. The number of carbonyl (C=O) groups excluding carboxylic acids is 2. The van der Waals surface area contributed by atoms with Crippen molar-refractivity contribution < 1.29 is 22.7 Å². The number of rotatable bonds is 8. The van der Waals surface area contributed by atoms with Crippen LogP contribution >= 0.6 is 0 Å². The molecule has 1 heterocycles. The van der Waals surface area contributed by atoms with Crippen LogP contribution in [0.25, 0.3) is 0 Å². The van der Waals surface area contributed by atoms with Crippen LogP contribution in [0.2, 0.25) is 0 Å². The van der Waals surface area contributed by atoms with Crippen molar-refractivity contribution in [1.29, 1.82) is 0 Å². The van der Waals surface area contributed by atoms with Crippen LogP contribution in [-0.2, 0) is 14.8 Å². The minimum atomic E-state index is -3.67. The highest BCUT2D eigenvalue weighted by atomic mass is 32.2. The molecule has 0 aliphatic heterocycles. The normalized spacial score (nSPS) is 11.5. The zero-order valence-corrected chi connectivity index (χ0v) is 14.9. The van der Waals surface area contributed by atoms with Crippen LogP contribution in [0.5, 0.6) is 0 Å². The number of sulfonamides is 1. The van der Waals surface area contributed by atoms with Crippen molar-refractivity contribution in [3.63, 3.8) is 0 Å². The van der Waals surface area contributed by atoms with Crippen molar-refractivity contribution in [2.24, 2.45) is 0 Å². The summed E-state index contributed by atoms with van der Waals surface area (Å²) in [7, 11) is -3.67. The Balaban J connectivity index is 2.12. The maximum Gasteiger partial charge on any atom is 0.338 e. The van der Waals surface area contributed by atoms with Gasteiger partial charge in [-0.1, -0.05) is 19.9 Å². The van der Waals surface area contributed by atoms with E-state index in [2.05, 4.69) is 4.98 Å². The number of aromatic amines is 1. The molecule has 134 valence electrons. The molecule has 0 fully saturated rings. The third kappa shape index (κ3) is 4.34. The molecule has 0 radical (unpaired) electrons. The van der Waals surface area contributed by atoms with Gasteiger partial charge in [-0.15, -0.1) is 0 Å². The summed E-state index contributed by atoms with van der Waals surface area (Å²) in [6, 6.07) is 8.84. The average molecular weight is 364 g/mol. The largest absolute Gasteiger partial charge is 0.454 e. The molecule has 7 nitrogen and oxygen atoms in total. The first-order valence-corrected chi connectivity index (χ1v) is 9.28. The summed E-state index contributed by atoms with van der Waals surface area (Å²) in [5.41, 5.74) is 0.415. The van der Waals surface area contributed by atoms with Gasteiger partial charge in [0.2, 0.25) is 15.8 Å². The number of nitrogens with zero attached hydrogens (tertiary/aromatic N) is 1. The second-order valence-corrected chi connectivity index (χ2v) is 7.14. The van der Waals surface area contributed by atoms with Crippen LogP contribution in [0.1, 0.15) is 34.7 Å².